The van der Waals surface area contributed by atoms with Gasteiger partial charge in [0.1, 0.15) is 16.6 Å². The largest absolute Gasteiger partial charge is 0.507 e. The van der Waals surface area contributed by atoms with E-state index >= 15 is 0 Å². The Morgan fingerprint density at radius 3 is 2.24 bits per heavy atom. The molecule has 3 nitrogen and oxygen atoms in total. The number of nitrogens with zero attached hydrogens (tertiary/aromatic N) is 1. The van der Waals surface area contributed by atoms with Crippen LogP contribution < -0.4 is 0 Å². The molecule has 0 aliphatic carbocycles. The molecule has 0 saturated carbocycles. The minimum atomic E-state index is -0.398. The number of hydrogen-bond acceptors (Lipinski definition) is 2. The zero-order chi connectivity index (χ0) is 16.2. The number of phenols is 1. The van der Waals surface area contributed by atoms with Gasteiger partial charge in [-0.1, -0.05) is 55.6 Å². The lowest BCUT2D eigenvalue weighted by molar-refractivity contribution is 0.103. The molecule has 7 heteroatoms. The number of carbonyl (C=O) groups is 1. The van der Waals surface area contributed by atoms with Crippen LogP contribution in [0, 0.1) is 0 Å². The second-order valence-corrected chi connectivity index (χ2v) is 6.34. The van der Waals surface area contributed by atoms with E-state index in [9.17, 15) is 9.90 Å². The highest BCUT2D eigenvalue weighted by atomic mass is 79.9. The molecule has 1 N–H and O–H groups in total. The Morgan fingerprint density at radius 2 is 1.81 bits per heavy atom. The summed E-state index contributed by atoms with van der Waals surface area (Å²) in [7, 11) is 0. The van der Waals surface area contributed by atoms with Crippen LogP contribution in [0.15, 0.2) is 28.7 Å². The first-order valence-electron chi connectivity index (χ1n) is 6.10. The van der Waals surface area contributed by atoms with Crippen LogP contribution in [0.2, 0.25) is 10.2 Å². The van der Waals surface area contributed by atoms with Crippen LogP contribution in [-0.4, -0.2) is 14.5 Å². The zero-order valence-corrected chi connectivity index (χ0v) is 16.0. The monoisotopic (exact) mass is 455 g/mol. The van der Waals surface area contributed by atoms with E-state index < -0.39 is 5.78 Å². The van der Waals surface area contributed by atoms with Crippen molar-refractivity contribution in [2.45, 2.75) is 20.3 Å². The Bertz CT molecular complexity index is 631. The summed E-state index contributed by atoms with van der Waals surface area (Å²) in [5, 5.41) is 10.1. The fraction of sp³-hybridized carbons (Fsp3) is 0.214. The summed E-state index contributed by atoms with van der Waals surface area (Å²) in [6, 6.07) is 6.25. The number of rotatable bonds is 2. The lowest BCUT2D eigenvalue weighted by Gasteiger charge is -2.04. The number of halogens is 4. The van der Waals surface area contributed by atoms with E-state index in [1.807, 2.05) is 0 Å². The number of aromatic hydroxyl groups is 1. The highest BCUT2D eigenvalue weighted by Crippen LogP contribution is 2.39. The highest BCUT2D eigenvalue weighted by Gasteiger charge is 2.25. The van der Waals surface area contributed by atoms with Crippen LogP contribution in [0.3, 0.4) is 0 Å². The van der Waals surface area contributed by atoms with Crippen LogP contribution in [0.5, 0.6) is 5.75 Å². The van der Waals surface area contributed by atoms with E-state index in [0.717, 1.165) is 0 Å². The van der Waals surface area contributed by atoms with Gasteiger partial charge in [0.15, 0.2) is 0 Å². The van der Waals surface area contributed by atoms with E-state index in [1.54, 1.807) is 12.1 Å². The first-order valence-corrected chi connectivity index (χ1v) is 8.36. The van der Waals surface area contributed by atoms with E-state index in [0.29, 0.717) is 4.47 Å². The smallest absolute Gasteiger partial charge is 0.215 e. The molecule has 1 aromatic heterocycles. The van der Waals surface area contributed by atoms with Crippen LogP contribution in [-0.2, 0) is 0 Å². The molecule has 1 heterocycles. The van der Waals surface area contributed by atoms with Gasteiger partial charge >= 0.3 is 0 Å². The molecule has 0 amide bonds. The SMILES string of the molecule is CCC.O=C(c1ccccc1O)c1c(Br)c(Cl)c(Cl)n1Br. The quantitative estimate of drug-likeness (QED) is 0.556. The van der Waals surface area contributed by atoms with Gasteiger partial charge in [0.2, 0.25) is 5.78 Å². The molecule has 0 atom stereocenters. The fourth-order valence-corrected chi connectivity index (χ4v) is 3.32. The van der Waals surface area contributed by atoms with Crippen molar-refractivity contribution in [3.63, 3.8) is 0 Å². The first-order chi connectivity index (χ1) is 9.86. The van der Waals surface area contributed by atoms with E-state index in [2.05, 4.69) is 45.9 Å². The highest BCUT2D eigenvalue weighted by molar-refractivity contribution is 9.10. The predicted molar refractivity (Wildman–Crippen MR) is 94.0 cm³/mol. The van der Waals surface area contributed by atoms with Crippen molar-refractivity contribution in [2.24, 2.45) is 0 Å². The third-order valence-corrected chi connectivity index (χ3v) is 5.05. The fourth-order valence-electron chi connectivity index (χ4n) is 1.45. The molecule has 0 saturated heterocycles. The molecular weight excluding hydrogens is 445 g/mol. The Balaban J connectivity index is 0.000000677. The third-order valence-electron chi connectivity index (χ3n) is 2.31. The number of para-hydroxylation sites is 1. The zero-order valence-electron chi connectivity index (χ0n) is 11.3. The molecule has 0 bridgehead atoms. The average Bonchev–Trinajstić information content (AvgIpc) is 2.64. The second-order valence-electron chi connectivity index (χ2n) is 4.10. The van der Waals surface area contributed by atoms with Crippen molar-refractivity contribution in [1.82, 2.24) is 3.59 Å². The van der Waals surface area contributed by atoms with Gasteiger partial charge in [-0.2, -0.15) is 0 Å². The number of aromatic nitrogens is 1. The summed E-state index contributed by atoms with van der Waals surface area (Å²) >= 11 is 18.2. The minimum absolute atomic E-state index is 0.102. The molecule has 21 heavy (non-hydrogen) atoms. The summed E-state index contributed by atoms with van der Waals surface area (Å²) in [6.07, 6.45) is 1.25. The number of benzene rings is 1. The Morgan fingerprint density at radius 1 is 1.29 bits per heavy atom. The molecular formula is C14H13Br2Cl2NO2. The third kappa shape index (κ3) is 4.03. The molecule has 0 aliphatic rings. The van der Waals surface area contributed by atoms with Gasteiger partial charge in [0, 0.05) is 0 Å². The van der Waals surface area contributed by atoms with E-state index in [4.69, 9.17) is 23.2 Å². The van der Waals surface area contributed by atoms with E-state index in [1.165, 1.54) is 22.1 Å². The number of carbonyl (C=O) groups excluding carboxylic acids is 1. The van der Waals surface area contributed by atoms with Crippen LogP contribution in [0.25, 0.3) is 0 Å². The molecule has 1 aromatic carbocycles. The van der Waals surface area contributed by atoms with Crippen LogP contribution in [0.1, 0.15) is 36.3 Å². The summed E-state index contributed by atoms with van der Waals surface area (Å²) in [6.45, 7) is 4.25. The Kier molecular flexibility index (Phi) is 7.27. The van der Waals surface area contributed by atoms with Crippen molar-refractivity contribution in [1.29, 1.82) is 0 Å². The van der Waals surface area contributed by atoms with Crippen molar-refractivity contribution >= 4 is 61.1 Å². The second kappa shape index (κ2) is 8.22. The van der Waals surface area contributed by atoms with Gasteiger partial charge in [-0.3, -0.25) is 8.39 Å². The van der Waals surface area contributed by atoms with Crippen molar-refractivity contribution in [3.05, 3.63) is 50.2 Å². The maximum absolute atomic E-state index is 12.3. The lowest BCUT2D eigenvalue weighted by Crippen LogP contribution is -2.05. The van der Waals surface area contributed by atoms with Crippen LogP contribution in [0.4, 0.5) is 0 Å². The molecule has 114 valence electrons. The molecule has 0 spiro atoms. The molecule has 2 aromatic rings. The standard InChI is InChI=1S/C11H5Br2Cl2NO2.C3H8/c12-7-8(14)11(15)16(13)9(7)10(18)5-3-1-2-4-6(5)17;1-3-2/h1-4,17H;3H2,1-2H3. The molecule has 0 unspecified atom stereocenters. The number of hydrogen-bond donors (Lipinski definition) is 1. The molecule has 0 aliphatic heterocycles. The summed E-state index contributed by atoms with van der Waals surface area (Å²) < 4.78 is 1.66. The summed E-state index contributed by atoms with van der Waals surface area (Å²) in [5.74, 6) is -0.499. The van der Waals surface area contributed by atoms with E-state index in [-0.39, 0.29) is 27.2 Å². The maximum Gasteiger partial charge on any atom is 0.215 e. The Hall–Kier alpha value is -0.490. The minimum Gasteiger partial charge on any atom is -0.507 e. The normalized spacial score (nSPS) is 10.0. The van der Waals surface area contributed by atoms with Gasteiger partial charge in [-0.25, -0.2) is 0 Å². The Labute approximate surface area is 150 Å². The molecule has 0 fully saturated rings. The van der Waals surface area contributed by atoms with Gasteiger partial charge in [0.05, 0.1) is 31.2 Å². The lowest BCUT2D eigenvalue weighted by atomic mass is 10.1. The van der Waals surface area contributed by atoms with Crippen molar-refractivity contribution < 1.29 is 9.90 Å². The first kappa shape index (κ1) is 18.6. The predicted octanol–water partition coefficient (Wildman–Crippen LogP) is 6.07. The molecule has 0 radical (unpaired) electrons. The average molecular weight is 458 g/mol. The summed E-state index contributed by atoms with van der Waals surface area (Å²) in [4.78, 5) is 12.3. The van der Waals surface area contributed by atoms with Gasteiger partial charge in [0.25, 0.3) is 0 Å². The van der Waals surface area contributed by atoms with Gasteiger partial charge in [-0.05, 0) is 28.1 Å². The maximum atomic E-state index is 12.3. The van der Waals surface area contributed by atoms with Gasteiger partial charge in [-0.15, -0.1) is 0 Å². The van der Waals surface area contributed by atoms with Crippen molar-refractivity contribution in [3.8, 4) is 5.75 Å². The van der Waals surface area contributed by atoms with Crippen LogP contribution >= 0.6 is 55.3 Å². The summed E-state index contributed by atoms with van der Waals surface area (Å²) in [5.41, 5.74) is 0.385. The van der Waals surface area contributed by atoms with Gasteiger partial charge < -0.3 is 5.11 Å². The number of phenolic OH excluding ortho intramolecular Hbond substituents is 1. The topological polar surface area (TPSA) is 42.2 Å². The molecule has 2 rings (SSSR count). The van der Waals surface area contributed by atoms with Crippen molar-refractivity contribution in [2.75, 3.05) is 0 Å². The number of ketones is 1.